The Bertz CT molecular complexity index is 300. The number of aliphatic hydroxyl groups excluding tert-OH is 1. The molecule has 0 aromatic carbocycles. The topological polar surface area (TPSA) is 58.6 Å². The highest BCUT2D eigenvalue weighted by Gasteiger charge is 2.10. The monoisotopic (exact) mass is 194 g/mol. The number of rotatable bonds is 3. The molecule has 1 aliphatic rings. The van der Waals surface area contributed by atoms with Gasteiger partial charge in [-0.3, -0.25) is 4.99 Å². The summed E-state index contributed by atoms with van der Waals surface area (Å²) in [4.78, 5) is 4.35. The molecule has 14 heavy (non-hydrogen) atoms. The van der Waals surface area contributed by atoms with E-state index in [1.165, 1.54) is 5.57 Å². The van der Waals surface area contributed by atoms with Gasteiger partial charge in [-0.1, -0.05) is 13.8 Å². The molecular formula is C11H18N2O. The molecule has 0 bridgehead atoms. The molecule has 0 unspecified atom stereocenters. The number of aliphatic imine (C=N–C) groups is 1. The molecule has 3 heteroatoms. The predicted molar refractivity (Wildman–Crippen MR) is 59.0 cm³/mol. The average molecular weight is 194 g/mol. The van der Waals surface area contributed by atoms with Crippen molar-refractivity contribution in [3.8, 4) is 0 Å². The molecule has 0 aromatic rings. The molecule has 3 N–H and O–H groups in total. The summed E-state index contributed by atoms with van der Waals surface area (Å²) >= 11 is 0. The minimum Gasteiger partial charge on any atom is -0.401 e. The van der Waals surface area contributed by atoms with Crippen LogP contribution >= 0.6 is 0 Å². The molecule has 0 aromatic heterocycles. The highest BCUT2D eigenvalue weighted by molar-refractivity contribution is 5.81. The van der Waals surface area contributed by atoms with Crippen molar-refractivity contribution in [2.24, 2.45) is 10.7 Å². The van der Waals surface area contributed by atoms with Gasteiger partial charge in [0.05, 0.1) is 6.61 Å². The zero-order chi connectivity index (χ0) is 10.6. The third-order valence-electron chi connectivity index (χ3n) is 2.53. The molecule has 78 valence electrons. The first-order valence-corrected chi connectivity index (χ1v) is 5.06. The van der Waals surface area contributed by atoms with E-state index >= 15 is 0 Å². The van der Waals surface area contributed by atoms with Gasteiger partial charge in [0.25, 0.3) is 0 Å². The first-order chi connectivity index (χ1) is 6.72. The van der Waals surface area contributed by atoms with E-state index in [-0.39, 0.29) is 6.61 Å². The third kappa shape index (κ3) is 2.23. The Morgan fingerprint density at radius 1 is 1.43 bits per heavy atom. The Kier molecular flexibility index (Phi) is 3.89. The molecule has 0 amide bonds. The average Bonchev–Trinajstić information content (AvgIpc) is 2.36. The molecule has 1 heterocycles. The molecule has 0 spiro atoms. The number of aliphatic hydroxyl groups is 1. The number of hydrogen-bond donors (Lipinski definition) is 2. The Hall–Kier alpha value is -1.09. The van der Waals surface area contributed by atoms with Gasteiger partial charge in [-0.15, -0.1) is 0 Å². The Labute approximate surface area is 85.0 Å². The molecule has 3 nitrogen and oxygen atoms in total. The van der Waals surface area contributed by atoms with E-state index in [1.807, 2.05) is 0 Å². The van der Waals surface area contributed by atoms with Crippen LogP contribution in [0.4, 0.5) is 0 Å². The van der Waals surface area contributed by atoms with E-state index in [4.69, 9.17) is 10.8 Å². The summed E-state index contributed by atoms with van der Waals surface area (Å²) in [5.74, 6) is 0. The van der Waals surface area contributed by atoms with Gasteiger partial charge in [0.1, 0.15) is 0 Å². The van der Waals surface area contributed by atoms with E-state index in [1.54, 1.807) is 6.21 Å². The summed E-state index contributed by atoms with van der Waals surface area (Å²) in [7, 11) is 0. The zero-order valence-corrected chi connectivity index (χ0v) is 8.88. The predicted octanol–water partition coefficient (Wildman–Crippen LogP) is 1.74. The molecule has 0 atom stereocenters. The molecule has 1 aliphatic heterocycles. The zero-order valence-electron chi connectivity index (χ0n) is 8.88. The van der Waals surface area contributed by atoms with E-state index in [2.05, 4.69) is 18.8 Å². The van der Waals surface area contributed by atoms with Gasteiger partial charge < -0.3 is 10.8 Å². The summed E-state index contributed by atoms with van der Waals surface area (Å²) in [5, 5.41) is 9.06. The van der Waals surface area contributed by atoms with Crippen LogP contribution in [-0.2, 0) is 0 Å². The molecular weight excluding hydrogens is 176 g/mol. The van der Waals surface area contributed by atoms with Gasteiger partial charge in [0.15, 0.2) is 0 Å². The van der Waals surface area contributed by atoms with Crippen LogP contribution < -0.4 is 5.73 Å². The first kappa shape index (κ1) is 11.0. The van der Waals surface area contributed by atoms with E-state index in [0.717, 1.165) is 36.2 Å². The van der Waals surface area contributed by atoms with Crippen LogP contribution in [0.15, 0.2) is 27.5 Å². The van der Waals surface area contributed by atoms with Crippen LogP contribution in [0.5, 0.6) is 0 Å². The molecule has 0 aliphatic carbocycles. The standard InChI is InChI=1S/C11H18N2O/c1-3-8-5-10(12)9(7-14)6-13-11(8)4-2/h6,14H,3-5,7,12H2,1-2H3. The van der Waals surface area contributed by atoms with Gasteiger partial charge in [-0.2, -0.15) is 0 Å². The fourth-order valence-electron chi connectivity index (χ4n) is 1.59. The molecule has 0 radical (unpaired) electrons. The maximum absolute atomic E-state index is 9.06. The van der Waals surface area contributed by atoms with Crippen molar-refractivity contribution >= 4 is 6.21 Å². The van der Waals surface area contributed by atoms with Gasteiger partial charge in [-0.25, -0.2) is 0 Å². The van der Waals surface area contributed by atoms with E-state index in [0.29, 0.717) is 0 Å². The van der Waals surface area contributed by atoms with Crippen LogP contribution in [0, 0.1) is 0 Å². The number of nitrogens with two attached hydrogens (primary N) is 1. The van der Waals surface area contributed by atoms with Gasteiger partial charge in [-0.05, 0) is 18.4 Å². The Morgan fingerprint density at radius 2 is 2.14 bits per heavy atom. The van der Waals surface area contributed by atoms with Gasteiger partial charge >= 0.3 is 0 Å². The summed E-state index contributed by atoms with van der Waals surface area (Å²) in [6.07, 6.45) is 4.33. The van der Waals surface area contributed by atoms with Crippen LogP contribution in [0.3, 0.4) is 0 Å². The van der Waals surface area contributed by atoms with Crippen molar-refractivity contribution in [1.29, 1.82) is 0 Å². The van der Waals surface area contributed by atoms with E-state index in [9.17, 15) is 0 Å². The minimum absolute atomic E-state index is 0.0245. The summed E-state index contributed by atoms with van der Waals surface area (Å²) < 4.78 is 0. The second-order valence-corrected chi connectivity index (χ2v) is 3.40. The van der Waals surface area contributed by atoms with Gasteiger partial charge in [0, 0.05) is 29.6 Å². The number of hydrogen-bond acceptors (Lipinski definition) is 3. The van der Waals surface area contributed by atoms with Gasteiger partial charge in [0.2, 0.25) is 0 Å². The van der Waals surface area contributed by atoms with Crippen molar-refractivity contribution < 1.29 is 5.11 Å². The Morgan fingerprint density at radius 3 is 2.64 bits per heavy atom. The lowest BCUT2D eigenvalue weighted by Gasteiger charge is -2.07. The maximum Gasteiger partial charge on any atom is 0.0713 e. The Balaban J connectivity index is 3.01. The lowest BCUT2D eigenvalue weighted by Crippen LogP contribution is -2.06. The van der Waals surface area contributed by atoms with Crippen molar-refractivity contribution in [2.45, 2.75) is 33.1 Å². The van der Waals surface area contributed by atoms with Crippen LogP contribution in [0.1, 0.15) is 33.1 Å². The lowest BCUT2D eigenvalue weighted by molar-refractivity contribution is 0.336. The largest absolute Gasteiger partial charge is 0.401 e. The lowest BCUT2D eigenvalue weighted by atomic mass is 10.0. The maximum atomic E-state index is 9.06. The van der Waals surface area contributed by atoms with Crippen molar-refractivity contribution in [1.82, 2.24) is 0 Å². The smallest absolute Gasteiger partial charge is 0.0713 e. The third-order valence-corrected chi connectivity index (χ3v) is 2.53. The number of allylic oxidation sites excluding steroid dienone is 2. The number of nitrogens with zero attached hydrogens (tertiary/aromatic N) is 1. The first-order valence-electron chi connectivity index (χ1n) is 5.06. The van der Waals surface area contributed by atoms with Crippen LogP contribution in [-0.4, -0.2) is 17.9 Å². The summed E-state index contributed by atoms with van der Waals surface area (Å²) in [5.41, 5.74) is 9.76. The normalized spacial score (nSPS) is 17.6. The van der Waals surface area contributed by atoms with Crippen molar-refractivity contribution in [3.05, 3.63) is 22.5 Å². The second-order valence-electron chi connectivity index (χ2n) is 3.40. The second kappa shape index (κ2) is 4.96. The molecule has 0 saturated carbocycles. The molecule has 1 rings (SSSR count). The van der Waals surface area contributed by atoms with E-state index < -0.39 is 0 Å². The minimum atomic E-state index is -0.0245. The van der Waals surface area contributed by atoms with Crippen molar-refractivity contribution in [3.63, 3.8) is 0 Å². The summed E-state index contributed by atoms with van der Waals surface area (Å²) in [6, 6.07) is 0. The van der Waals surface area contributed by atoms with Crippen LogP contribution in [0.25, 0.3) is 0 Å². The SMILES string of the molecule is CCC1=C(CC)N=CC(CO)=C(N)C1. The fraction of sp³-hybridized carbons (Fsp3) is 0.545. The highest BCUT2D eigenvalue weighted by Crippen LogP contribution is 2.23. The highest BCUT2D eigenvalue weighted by atomic mass is 16.3. The quantitative estimate of drug-likeness (QED) is 0.719. The van der Waals surface area contributed by atoms with Crippen LogP contribution in [0.2, 0.25) is 0 Å². The fourth-order valence-corrected chi connectivity index (χ4v) is 1.59. The summed E-state index contributed by atoms with van der Waals surface area (Å²) in [6.45, 7) is 4.17. The molecule has 0 fully saturated rings. The molecule has 0 saturated heterocycles. The van der Waals surface area contributed by atoms with Crippen molar-refractivity contribution in [2.75, 3.05) is 6.61 Å².